The summed E-state index contributed by atoms with van der Waals surface area (Å²) in [6, 6.07) is 14.4. The number of fused-ring (bicyclic) bond motifs is 1. The summed E-state index contributed by atoms with van der Waals surface area (Å²) in [7, 11) is 0. The molecule has 0 spiro atoms. The molecule has 4 heteroatoms. The Labute approximate surface area is 108 Å². The first-order valence-corrected chi connectivity index (χ1v) is 6.47. The van der Waals surface area contributed by atoms with Crippen LogP contribution in [0, 0.1) is 5.82 Å². The number of aromatic nitrogens is 1. The molecule has 0 aliphatic carbocycles. The van der Waals surface area contributed by atoms with Crippen LogP contribution in [-0.4, -0.2) is 4.98 Å². The topological polar surface area (TPSA) is 24.9 Å². The number of nitrogens with zero attached hydrogens (tertiary/aromatic N) is 1. The van der Waals surface area contributed by atoms with E-state index in [9.17, 15) is 4.39 Å². The standard InChI is InChI=1S/C14H11FN2S/c15-10-5-7-11(8-6-10)16-9-14-17-12-3-1-2-4-13(12)18-14/h1-8,16H,9H2. The Morgan fingerprint density at radius 3 is 2.61 bits per heavy atom. The van der Waals surface area contributed by atoms with Crippen LogP contribution in [0.15, 0.2) is 48.5 Å². The van der Waals surface area contributed by atoms with Crippen molar-refractivity contribution in [3.05, 3.63) is 59.4 Å². The minimum atomic E-state index is -0.222. The van der Waals surface area contributed by atoms with Gasteiger partial charge in [-0.15, -0.1) is 11.3 Å². The highest BCUT2D eigenvalue weighted by atomic mass is 32.1. The maximum Gasteiger partial charge on any atom is 0.123 e. The molecule has 0 bridgehead atoms. The van der Waals surface area contributed by atoms with Crippen LogP contribution >= 0.6 is 11.3 Å². The van der Waals surface area contributed by atoms with Crippen molar-refractivity contribution in [2.75, 3.05) is 5.32 Å². The van der Waals surface area contributed by atoms with Gasteiger partial charge in [-0.05, 0) is 36.4 Å². The maximum absolute atomic E-state index is 12.8. The maximum atomic E-state index is 12.8. The Hall–Kier alpha value is -1.94. The molecule has 18 heavy (non-hydrogen) atoms. The van der Waals surface area contributed by atoms with Crippen molar-refractivity contribution in [1.82, 2.24) is 4.98 Å². The van der Waals surface area contributed by atoms with Crippen molar-refractivity contribution in [1.29, 1.82) is 0 Å². The second kappa shape index (κ2) is 4.74. The Kier molecular flexibility index (Phi) is 2.94. The third-order valence-corrected chi connectivity index (χ3v) is 3.66. The second-order valence-electron chi connectivity index (χ2n) is 3.94. The first kappa shape index (κ1) is 11.2. The fraction of sp³-hybridized carbons (Fsp3) is 0.0714. The molecule has 0 aliphatic rings. The number of para-hydroxylation sites is 1. The molecule has 3 aromatic rings. The summed E-state index contributed by atoms with van der Waals surface area (Å²) in [5.74, 6) is -0.222. The van der Waals surface area contributed by atoms with Gasteiger partial charge in [0.05, 0.1) is 16.8 Å². The van der Waals surface area contributed by atoms with Gasteiger partial charge in [0.2, 0.25) is 0 Å². The van der Waals surface area contributed by atoms with Crippen LogP contribution in [0.1, 0.15) is 5.01 Å². The van der Waals surface area contributed by atoms with Crippen LogP contribution < -0.4 is 5.32 Å². The zero-order valence-electron chi connectivity index (χ0n) is 9.56. The van der Waals surface area contributed by atoms with Gasteiger partial charge in [-0.3, -0.25) is 0 Å². The normalized spacial score (nSPS) is 10.7. The SMILES string of the molecule is Fc1ccc(NCc2nc3ccccc3s2)cc1. The molecule has 0 saturated carbocycles. The zero-order chi connectivity index (χ0) is 12.4. The van der Waals surface area contributed by atoms with Gasteiger partial charge in [-0.1, -0.05) is 12.1 Å². The molecule has 0 unspecified atom stereocenters. The summed E-state index contributed by atoms with van der Waals surface area (Å²) in [4.78, 5) is 4.53. The Bertz CT molecular complexity index is 628. The third kappa shape index (κ3) is 2.33. The molecular formula is C14H11FN2S. The Morgan fingerprint density at radius 2 is 1.83 bits per heavy atom. The molecular weight excluding hydrogens is 247 g/mol. The van der Waals surface area contributed by atoms with Crippen molar-refractivity contribution >= 4 is 27.2 Å². The first-order chi connectivity index (χ1) is 8.81. The van der Waals surface area contributed by atoms with E-state index in [1.54, 1.807) is 23.5 Å². The van der Waals surface area contributed by atoms with Crippen LogP contribution in [0.2, 0.25) is 0 Å². The molecule has 0 fully saturated rings. The van der Waals surface area contributed by atoms with Crippen LogP contribution in [-0.2, 0) is 6.54 Å². The molecule has 2 nitrogen and oxygen atoms in total. The van der Waals surface area contributed by atoms with Gasteiger partial charge in [0.1, 0.15) is 10.8 Å². The van der Waals surface area contributed by atoms with E-state index in [-0.39, 0.29) is 5.82 Å². The van der Waals surface area contributed by atoms with Gasteiger partial charge in [-0.2, -0.15) is 0 Å². The molecule has 3 rings (SSSR count). The van der Waals surface area contributed by atoms with Crippen molar-refractivity contribution in [2.24, 2.45) is 0 Å². The lowest BCUT2D eigenvalue weighted by molar-refractivity contribution is 0.628. The predicted octanol–water partition coefficient (Wildman–Crippen LogP) is 4.05. The lowest BCUT2D eigenvalue weighted by Crippen LogP contribution is -1.98. The molecule has 90 valence electrons. The molecule has 0 saturated heterocycles. The fourth-order valence-corrected chi connectivity index (χ4v) is 2.65. The number of nitrogens with one attached hydrogen (secondary N) is 1. The largest absolute Gasteiger partial charge is 0.379 e. The molecule has 1 N–H and O–H groups in total. The van der Waals surface area contributed by atoms with E-state index in [2.05, 4.69) is 16.4 Å². The summed E-state index contributed by atoms with van der Waals surface area (Å²) >= 11 is 1.67. The van der Waals surface area contributed by atoms with E-state index in [0.717, 1.165) is 16.2 Å². The van der Waals surface area contributed by atoms with E-state index in [0.29, 0.717) is 6.54 Å². The molecule has 0 amide bonds. The van der Waals surface area contributed by atoms with E-state index in [4.69, 9.17) is 0 Å². The number of hydrogen-bond donors (Lipinski definition) is 1. The quantitative estimate of drug-likeness (QED) is 0.766. The van der Waals surface area contributed by atoms with Crippen molar-refractivity contribution < 1.29 is 4.39 Å². The number of benzene rings is 2. The van der Waals surface area contributed by atoms with E-state index < -0.39 is 0 Å². The van der Waals surface area contributed by atoms with Crippen LogP contribution in [0.25, 0.3) is 10.2 Å². The lowest BCUT2D eigenvalue weighted by atomic mass is 10.3. The van der Waals surface area contributed by atoms with E-state index in [1.165, 1.54) is 16.8 Å². The summed E-state index contributed by atoms with van der Waals surface area (Å²) in [6.07, 6.45) is 0. The smallest absolute Gasteiger partial charge is 0.123 e. The molecule has 2 aromatic carbocycles. The monoisotopic (exact) mass is 258 g/mol. The molecule has 1 aromatic heterocycles. The highest BCUT2D eigenvalue weighted by molar-refractivity contribution is 7.18. The molecule has 0 radical (unpaired) electrons. The summed E-state index contributed by atoms with van der Waals surface area (Å²) < 4.78 is 13.9. The highest BCUT2D eigenvalue weighted by Crippen LogP contribution is 2.22. The summed E-state index contributed by atoms with van der Waals surface area (Å²) in [5.41, 5.74) is 1.93. The van der Waals surface area contributed by atoms with E-state index in [1.807, 2.05) is 18.2 Å². The molecule has 1 heterocycles. The zero-order valence-corrected chi connectivity index (χ0v) is 10.4. The van der Waals surface area contributed by atoms with Crippen molar-refractivity contribution in [3.63, 3.8) is 0 Å². The van der Waals surface area contributed by atoms with Crippen LogP contribution in [0.4, 0.5) is 10.1 Å². The average molecular weight is 258 g/mol. The number of thiazole rings is 1. The van der Waals surface area contributed by atoms with Gasteiger partial charge in [0.25, 0.3) is 0 Å². The first-order valence-electron chi connectivity index (χ1n) is 5.65. The molecule has 0 atom stereocenters. The number of halogens is 1. The number of rotatable bonds is 3. The minimum Gasteiger partial charge on any atom is -0.379 e. The van der Waals surface area contributed by atoms with Gasteiger partial charge >= 0.3 is 0 Å². The number of anilines is 1. The lowest BCUT2D eigenvalue weighted by Gasteiger charge is -2.03. The van der Waals surface area contributed by atoms with Gasteiger partial charge in [-0.25, -0.2) is 9.37 Å². The predicted molar refractivity (Wildman–Crippen MR) is 73.3 cm³/mol. The van der Waals surface area contributed by atoms with Crippen LogP contribution in [0.5, 0.6) is 0 Å². The van der Waals surface area contributed by atoms with Gasteiger partial charge < -0.3 is 5.32 Å². The highest BCUT2D eigenvalue weighted by Gasteiger charge is 2.02. The average Bonchev–Trinajstić information content (AvgIpc) is 2.81. The van der Waals surface area contributed by atoms with Gasteiger partial charge in [0.15, 0.2) is 0 Å². The summed E-state index contributed by atoms with van der Waals surface area (Å²) in [6.45, 7) is 0.658. The molecule has 0 aliphatic heterocycles. The minimum absolute atomic E-state index is 0.222. The summed E-state index contributed by atoms with van der Waals surface area (Å²) in [5, 5.41) is 4.26. The van der Waals surface area contributed by atoms with Crippen LogP contribution in [0.3, 0.4) is 0 Å². The van der Waals surface area contributed by atoms with Crippen molar-refractivity contribution in [2.45, 2.75) is 6.54 Å². The van der Waals surface area contributed by atoms with E-state index >= 15 is 0 Å². The fourth-order valence-electron chi connectivity index (χ4n) is 1.74. The number of hydrogen-bond acceptors (Lipinski definition) is 3. The third-order valence-electron chi connectivity index (χ3n) is 2.63. The van der Waals surface area contributed by atoms with Gasteiger partial charge in [0, 0.05) is 5.69 Å². The second-order valence-corrected chi connectivity index (χ2v) is 5.05. The Balaban J connectivity index is 1.74. The van der Waals surface area contributed by atoms with Crippen molar-refractivity contribution in [3.8, 4) is 0 Å². The Morgan fingerprint density at radius 1 is 1.06 bits per heavy atom.